The van der Waals surface area contributed by atoms with Crippen LogP contribution in [0.3, 0.4) is 0 Å². The summed E-state index contributed by atoms with van der Waals surface area (Å²) >= 11 is 0. The van der Waals surface area contributed by atoms with E-state index < -0.39 is 0 Å². The Morgan fingerprint density at radius 3 is 2.53 bits per heavy atom. The van der Waals surface area contributed by atoms with Gasteiger partial charge in [0.1, 0.15) is 0 Å². The molecule has 1 aromatic rings. The zero-order valence-electron chi connectivity index (χ0n) is 9.44. The van der Waals surface area contributed by atoms with E-state index in [-0.39, 0.29) is 5.56 Å². The topological polar surface area (TPSA) is 32.9 Å². The monoisotopic (exact) mass is 205 g/mol. The maximum atomic E-state index is 11.5. The van der Waals surface area contributed by atoms with Crippen molar-refractivity contribution in [3.63, 3.8) is 0 Å². The second-order valence-electron chi connectivity index (χ2n) is 4.55. The van der Waals surface area contributed by atoms with Crippen LogP contribution in [0.1, 0.15) is 48.9 Å². The standard InChI is InChI=1S/C13H19NO/c1-10-9-11-7-5-3-2-4-6-8-12(11)14-13(10)15/h9H,2-8H2,1H3,(H,14,15). The Balaban J connectivity index is 2.33. The third-order valence-electron chi connectivity index (χ3n) is 3.27. The first-order chi connectivity index (χ1) is 7.27. The van der Waals surface area contributed by atoms with Crippen molar-refractivity contribution >= 4 is 0 Å². The Bertz CT molecular complexity index is 392. The van der Waals surface area contributed by atoms with Crippen LogP contribution in [0.2, 0.25) is 0 Å². The molecule has 82 valence electrons. The molecule has 15 heavy (non-hydrogen) atoms. The zero-order valence-corrected chi connectivity index (χ0v) is 9.44. The minimum atomic E-state index is 0.0907. The van der Waals surface area contributed by atoms with Gasteiger partial charge in [0.05, 0.1) is 0 Å². The van der Waals surface area contributed by atoms with Crippen molar-refractivity contribution in [1.29, 1.82) is 0 Å². The van der Waals surface area contributed by atoms with Gasteiger partial charge in [-0.1, -0.05) is 19.3 Å². The number of aromatic nitrogens is 1. The molecular formula is C13H19NO. The van der Waals surface area contributed by atoms with Gasteiger partial charge in [0, 0.05) is 11.3 Å². The van der Waals surface area contributed by atoms with Gasteiger partial charge in [-0.2, -0.15) is 0 Å². The second kappa shape index (κ2) is 4.65. The van der Waals surface area contributed by atoms with Gasteiger partial charge in [-0.15, -0.1) is 0 Å². The number of rotatable bonds is 0. The Labute approximate surface area is 90.7 Å². The lowest BCUT2D eigenvalue weighted by Crippen LogP contribution is -2.14. The summed E-state index contributed by atoms with van der Waals surface area (Å²) in [6.45, 7) is 1.89. The molecule has 1 heterocycles. The van der Waals surface area contributed by atoms with Crippen molar-refractivity contribution in [1.82, 2.24) is 4.98 Å². The van der Waals surface area contributed by atoms with Crippen molar-refractivity contribution in [3.8, 4) is 0 Å². The summed E-state index contributed by atoms with van der Waals surface area (Å²) in [7, 11) is 0. The highest BCUT2D eigenvalue weighted by Gasteiger charge is 2.08. The smallest absolute Gasteiger partial charge is 0.251 e. The number of fused-ring (bicyclic) bond motifs is 1. The summed E-state index contributed by atoms with van der Waals surface area (Å²) in [5, 5.41) is 0. The van der Waals surface area contributed by atoms with Gasteiger partial charge in [0.2, 0.25) is 0 Å². The van der Waals surface area contributed by atoms with Gasteiger partial charge in [-0.05, 0) is 44.2 Å². The van der Waals surface area contributed by atoms with Gasteiger partial charge >= 0.3 is 0 Å². The van der Waals surface area contributed by atoms with Crippen molar-refractivity contribution in [2.24, 2.45) is 0 Å². The van der Waals surface area contributed by atoms with E-state index in [0.29, 0.717) is 0 Å². The molecule has 0 fully saturated rings. The molecule has 0 saturated heterocycles. The van der Waals surface area contributed by atoms with E-state index in [0.717, 1.165) is 18.4 Å². The fraction of sp³-hybridized carbons (Fsp3) is 0.615. The Hall–Kier alpha value is -1.05. The van der Waals surface area contributed by atoms with Crippen LogP contribution >= 0.6 is 0 Å². The Kier molecular flexibility index (Phi) is 3.24. The van der Waals surface area contributed by atoms with E-state index >= 15 is 0 Å². The number of hydrogen-bond donors (Lipinski definition) is 1. The number of nitrogens with one attached hydrogen (secondary N) is 1. The zero-order chi connectivity index (χ0) is 10.7. The summed E-state index contributed by atoms with van der Waals surface area (Å²) in [5.74, 6) is 0. The summed E-state index contributed by atoms with van der Waals surface area (Å²) in [4.78, 5) is 14.6. The van der Waals surface area contributed by atoms with E-state index in [1.165, 1.54) is 43.4 Å². The highest BCUT2D eigenvalue weighted by molar-refractivity contribution is 5.25. The van der Waals surface area contributed by atoms with Crippen LogP contribution in [-0.2, 0) is 12.8 Å². The van der Waals surface area contributed by atoms with Gasteiger partial charge in [-0.3, -0.25) is 4.79 Å². The van der Waals surface area contributed by atoms with Crippen LogP contribution in [0.15, 0.2) is 10.9 Å². The SMILES string of the molecule is Cc1cc2c([nH]c1=O)CCCCCCC2. The molecule has 2 heteroatoms. The number of H-pyrrole nitrogens is 1. The fourth-order valence-electron chi connectivity index (χ4n) is 2.32. The van der Waals surface area contributed by atoms with Gasteiger partial charge < -0.3 is 4.98 Å². The summed E-state index contributed by atoms with van der Waals surface area (Å²) in [5.41, 5.74) is 3.50. The van der Waals surface area contributed by atoms with E-state index in [1.54, 1.807) is 0 Å². The molecule has 0 aliphatic heterocycles. The lowest BCUT2D eigenvalue weighted by molar-refractivity contribution is 0.628. The van der Waals surface area contributed by atoms with Crippen molar-refractivity contribution in [3.05, 3.63) is 33.2 Å². The van der Waals surface area contributed by atoms with Crippen LogP contribution in [0, 0.1) is 6.92 Å². The largest absolute Gasteiger partial charge is 0.326 e. The van der Waals surface area contributed by atoms with E-state index in [9.17, 15) is 4.79 Å². The first-order valence-electron chi connectivity index (χ1n) is 5.99. The predicted octanol–water partition coefficient (Wildman–Crippen LogP) is 2.73. The normalized spacial score (nSPS) is 17.4. The van der Waals surface area contributed by atoms with Gasteiger partial charge in [-0.25, -0.2) is 0 Å². The third-order valence-corrected chi connectivity index (χ3v) is 3.27. The fourth-order valence-corrected chi connectivity index (χ4v) is 2.32. The van der Waals surface area contributed by atoms with Crippen LogP contribution in [0.5, 0.6) is 0 Å². The quantitative estimate of drug-likeness (QED) is 0.694. The van der Waals surface area contributed by atoms with E-state index in [1.807, 2.05) is 6.92 Å². The maximum absolute atomic E-state index is 11.5. The number of pyridine rings is 1. The molecule has 1 aliphatic carbocycles. The molecule has 1 aromatic heterocycles. The first-order valence-corrected chi connectivity index (χ1v) is 5.99. The molecule has 0 unspecified atom stereocenters. The number of aromatic amines is 1. The highest BCUT2D eigenvalue weighted by atomic mass is 16.1. The van der Waals surface area contributed by atoms with Crippen LogP contribution < -0.4 is 5.56 Å². The van der Waals surface area contributed by atoms with Crippen molar-refractivity contribution in [2.45, 2.75) is 51.9 Å². The average Bonchev–Trinajstić information content (AvgIpc) is 2.31. The van der Waals surface area contributed by atoms with Crippen LogP contribution in [0.25, 0.3) is 0 Å². The van der Waals surface area contributed by atoms with E-state index in [4.69, 9.17) is 0 Å². The molecule has 1 N–H and O–H groups in total. The molecule has 0 atom stereocenters. The Morgan fingerprint density at radius 2 is 1.73 bits per heavy atom. The lowest BCUT2D eigenvalue weighted by atomic mass is 10.0. The van der Waals surface area contributed by atoms with Crippen molar-refractivity contribution < 1.29 is 0 Å². The molecule has 0 bridgehead atoms. The minimum absolute atomic E-state index is 0.0907. The molecule has 0 amide bonds. The average molecular weight is 205 g/mol. The van der Waals surface area contributed by atoms with Crippen LogP contribution in [-0.4, -0.2) is 4.98 Å². The molecular weight excluding hydrogens is 186 g/mol. The minimum Gasteiger partial charge on any atom is -0.326 e. The van der Waals surface area contributed by atoms with Gasteiger partial charge in [0.15, 0.2) is 0 Å². The maximum Gasteiger partial charge on any atom is 0.251 e. The first kappa shape index (κ1) is 10.5. The lowest BCUT2D eigenvalue weighted by Gasteiger charge is -2.08. The van der Waals surface area contributed by atoms with Crippen LogP contribution in [0.4, 0.5) is 0 Å². The highest BCUT2D eigenvalue weighted by Crippen LogP contribution is 2.17. The van der Waals surface area contributed by atoms with E-state index in [2.05, 4.69) is 11.1 Å². The molecule has 2 nitrogen and oxygen atoms in total. The molecule has 0 saturated carbocycles. The molecule has 1 aliphatic rings. The molecule has 0 spiro atoms. The number of aryl methyl sites for hydroxylation is 3. The molecule has 0 aromatic carbocycles. The third kappa shape index (κ3) is 2.49. The molecule has 0 radical (unpaired) electrons. The Morgan fingerprint density at radius 1 is 1.07 bits per heavy atom. The van der Waals surface area contributed by atoms with Gasteiger partial charge in [0.25, 0.3) is 5.56 Å². The van der Waals surface area contributed by atoms with Crippen molar-refractivity contribution in [2.75, 3.05) is 0 Å². The number of hydrogen-bond acceptors (Lipinski definition) is 1. The summed E-state index contributed by atoms with van der Waals surface area (Å²) < 4.78 is 0. The molecule has 2 rings (SSSR count). The summed E-state index contributed by atoms with van der Waals surface area (Å²) in [6.07, 6.45) is 8.63. The predicted molar refractivity (Wildman–Crippen MR) is 62.3 cm³/mol. The summed E-state index contributed by atoms with van der Waals surface area (Å²) in [6, 6.07) is 2.08. The second-order valence-corrected chi connectivity index (χ2v) is 4.55.